The second kappa shape index (κ2) is 6.21. The van der Waals surface area contributed by atoms with Gasteiger partial charge in [-0.2, -0.15) is 0 Å². The Balaban J connectivity index is 1.71. The van der Waals surface area contributed by atoms with Gasteiger partial charge in [0.05, 0.1) is 29.9 Å². The van der Waals surface area contributed by atoms with Crippen LogP contribution in [0.1, 0.15) is 10.7 Å². The first-order valence-electron chi connectivity index (χ1n) is 6.75. The van der Waals surface area contributed by atoms with E-state index in [1.54, 1.807) is 12.4 Å². The SMILES string of the molecule is CNC(=O)Cc1nc(CNc2cc3oc(=O)[nH]c3cc2F)cs1. The summed E-state index contributed by atoms with van der Waals surface area (Å²) in [5.74, 6) is -1.25. The fraction of sp³-hybridized carbons (Fsp3) is 0.214. The second-order valence-electron chi connectivity index (χ2n) is 4.78. The molecule has 120 valence electrons. The van der Waals surface area contributed by atoms with Crippen molar-refractivity contribution in [1.82, 2.24) is 15.3 Å². The van der Waals surface area contributed by atoms with Crippen LogP contribution in [-0.2, 0) is 17.8 Å². The lowest BCUT2D eigenvalue weighted by Gasteiger charge is -2.05. The number of nitrogens with one attached hydrogen (secondary N) is 3. The van der Waals surface area contributed by atoms with Crippen LogP contribution in [0.4, 0.5) is 10.1 Å². The molecule has 1 amide bonds. The van der Waals surface area contributed by atoms with E-state index >= 15 is 0 Å². The number of carbonyl (C=O) groups is 1. The van der Waals surface area contributed by atoms with Crippen LogP contribution in [0.2, 0.25) is 0 Å². The summed E-state index contributed by atoms with van der Waals surface area (Å²) in [5, 5.41) is 7.93. The zero-order valence-corrected chi connectivity index (χ0v) is 12.9. The van der Waals surface area contributed by atoms with Crippen molar-refractivity contribution in [3.63, 3.8) is 0 Å². The highest BCUT2D eigenvalue weighted by Gasteiger charge is 2.10. The highest BCUT2D eigenvalue weighted by molar-refractivity contribution is 7.09. The molecule has 1 aromatic carbocycles. The molecular formula is C14H13FN4O3S. The number of carbonyl (C=O) groups excluding carboxylic acids is 1. The van der Waals surface area contributed by atoms with E-state index in [9.17, 15) is 14.0 Å². The van der Waals surface area contributed by atoms with Crippen LogP contribution in [-0.4, -0.2) is 22.9 Å². The number of hydrogen-bond acceptors (Lipinski definition) is 6. The van der Waals surface area contributed by atoms with Crippen LogP contribution in [0.15, 0.2) is 26.7 Å². The van der Waals surface area contributed by atoms with Gasteiger partial charge >= 0.3 is 5.76 Å². The van der Waals surface area contributed by atoms with Gasteiger partial charge in [0.25, 0.3) is 0 Å². The first-order chi connectivity index (χ1) is 11.0. The number of amides is 1. The lowest BCUT2D eigenvalue weighted by Crippen LogP contribution is -2.19. The molecule has 7 nitrogen and oxygen atoms in total. The molecule has 3 N–H and O–H groups in total. The number of fused-ring (bicyclic) bond motifs is 1. The second-order valence-corrected chi connectivity index (χ2v) is 5.72. The molecule has 2 aromatic heterocycles. The van der Waals surface area contributed by atoms with E-state index in [4.69, 9.17) is 4.42 Å². The molecule has 0 atom stereocenters. The number of nitrogens with zero attached hydrogens (tertiary/aromatic N) is 1. The molecule has 3 aromatic rings. The van der Waals surface area contributed by atoms with Gasteiger partial charge in [-0.1, -0.05) is 0 Å². The Morgan fingerprint density at radius 3 is 3.09 bits per heavy atom. The molecular weight excluding hydrogens is 323 g/mol. The topological polar surface area (TPSA) is 100 Å². The summed E-state index contributed by atoms with van der Waals surface area (Å²) < 4.78 is 18.9. The molecule has 0 bridgehead atoms. The van der Waals surface area contributed by atoms with E-state index in [0.29, 0.717) is 22.8 Å². The number of anilines is 1. The van der Waals surface area contributed by atoms with Crippen molar-refractivity contribution in [1.29, 1.82) is 0 Å². The Morgan fingerprint density at radius 2 is 2.30 bits per heavy atom. The number of thiazole rings is 1. The Morgan fingerprint density at radius 1 is 1.48 bits per heavy atom. The number of likely N-dealkylation sites (N-methyl/N-ethyl adjacent to an activating group) is 1. The van der Waals surface area contributed by atoms with E-state index in [0.717, 1.165) is 0 Å². The van der Waals surface area contributed by atoms with Crippen molar-refractivity contribution in [2.24, 2.45) is 0 Å². The monoisotopic (exact) mass is 336 g/mol. The first kappa shape index (κ1) is 15.2. The van der Waals surface area contributed by atoms with Crippen molar-refractivity contribution in [3.8, 4) is 0 Å². The van der Waals surface area contributed by atoms with Gasteiger partial charge < -0.3 is 15.1 Å². The molecule has 3 rings (SSSR count). The number of rotatable bonds is 5. The number of oxazole rings is 1. The average Bonchev–Trinajstić information content (AvgIpc) is 3.10. The molecule has 0 spiro atoms. The highest BCUT2D eigenvalue weighted by Crippen LogP contribution is 2.22. The van der Waals surface area contributed by atoms with E-state index in [1.807, 2.05) is 0 Å². The third-order valence-corrected chi connectivity index (χ3v) is 4.06. The lowest BCUT2D eigenvalue weighted by molar-refractivity contribution is -0.119. The number of hydrogen-bond donors (Lipinski definition) is 3. The minimum atomic E-state index is -0.630. The lowest BCUT2D eigenvalue weighted by atomic mass is 10.2. The standard InChI is InChI=1S/C14H13FN4O3S/c1-16-12(20)4-13-18-7(6-23-13)5-17-9-3-11-10(2-8(9)15)19-14(21)22-11/h2-3,6,17H,4-5H2,1H3,(H,16,20)(H,19,21). The fourth-order valence-corrected chi connectivity index (χ4v) is 2.82. The Kier molecular flexibility index (Phi) is 4.11. The maximum atomic E-state index is 14.0. The van der Waals surface area contributed by atoms with Gasteiger partial charge in [-0.3, -0.25) is 9.78 Å². The summed E-state index contributed by atoms with van der Waals surface area (Å²) in [7, 11) is 1.57. The van der Waals surface area contributed by atoms with Gasteiger partial charge in [0.1, 0.15) is 10.8 Å². The Hall–Kier alpha value is -2.68. The molecule has 0 radical (unpaired) electrons. The number of aromatic nitrogens is 2. The molecule has 0 aliphatic rings. The normalized spacial score (nSPS) is 10.9. The molecule has 0 saturated carbocycles. The Bertz CT molecular complexity index is 914. The summed E-state index contributed by atoms with van der Waals surface area (Å²) in [6.45, 7) is 0.293. The van der Waals surface area contributed by atoms with E-state index in [-0.39, 0.29) is 23.6 Å². The van der Waals surface area contributed by atoms with Gasteiger partial charge in [0.2, 0.25) is 5.91 Å². The Labute approximate surface area is 133 Å². The predicted octanol–water partition coefficient (Wildman–Crippen LogP) is 1.62. The van der Waals surface area contributed by atoms with Gasteiger partial charge in [-0.15, -0.1) is 11.3 Å². The van der Waals surface area contributed by atoms with Gasteiger partial charge in [-0.05, 0) is 0 Å². The summed E-state index contributed by atoms with van der Waals surface area (Å²) in [6, 6.07) is 2.61. The third kappa shape index (κ3) is 3.39. The molecule has 23 heavy (non-hydrogen) atoms. The quantitative estimate of drug-likeness (QED) is 0.657. The third-order valence-electron chi connectivity index (χ3n) is 3.16. The maximum Gasteiger partial charge on any atom is 0.417 e. The summed E-state index contributed by atoms with van der Waals surface area (Å²) in [4.78, 5) is 29.1. The van der Waals surface area contributed by atoms with Crippen LogP contribution >= 0.6 is 11.3 Å². The van der Waals surface area contributed by atoms with Gasteiger partial charge in [-0.25, -0.2) is 14.2 Å². The minimum Gasteiger partial charge on any atom is -0.408 e. The largest absolute Gasteiger partial charge is 0.417 e. The van der Waals surface area contributed by atoms with Crippen molar-refractivity contribution in [3.05, 3.63) is 44.6 Å². The van der Waals surface area contributed by atoms with Gasteiger partial charge in [0, 0.05) is 24.6 Å². The van der Waals surface area contributed by atoms with E-state index in [2.05, 4.69) is 20.6 Å². The zero-order chi connectivity index (χ0) is 16.4. The predicted molar refractivity (Wildman–Crippen MR) is 84.0 cm³/mol. The van der Waals surface area contributed by atoms with Crippen LogP contribution in [0.5, 0.6) is 0 Å². The molecule has 0 saturated heterocycles. The molecule has 0 aliphatic carbocycles. The van der Waals surface area contributed by atoms with Crippen molar-refractivity contribution in [2.75, 3.05) is 12.4 Å². The first-order valence-corrected chi connectivity index (χ1v) is 7.63. The minimum absolute atomic E-state index is 0.113. The highest BCUT2D eigenvalue weighted by atomic mass is 32.1. The van der Waals surface area contributed by atoms with Crippen molar-refractivity contribution >= 4 is 34.0 Å². The fourth-order valence-electron chi connectivity index (χ4n) is 2.03. The average molecular weight is 336 g/mol. The number of H-pyrrole nitrogens is 1. The van der Waals surface area contributed by atoms with Crippen LogP contribution in [0.3, 0.4) is 0 Å². The molecule has 0 fully saturated rings. The van der Waals surface area contributed by atoms with Crippen LogP contribution in [0, 0.1) is 5.82 Å². The van der Waals surface area contributed by atoms with Crippen molar-refractivity contribution in [2.45, 2.75) is 13.0 Å². The summed E-state index contributed by atoms with van der Waals surface area (Å²) in [6.07, 6.45) is 0.218. The number of aromatic amines is 1. The molecule has 9 heteroatoms. The summed E-state index contributed by atoms with van der Waals surface area (Å²) >= 11 is 1.37. The number of benzene rings is 1. The van der Waals surface area contributed by atoms with E-state index < -0.39 is 11.6 Å². The number of halogens is 1. The molecule has 0 unspecified atom stereocenters. The summed E-state index contributed by atoms with van der Waals surface area (Å²) in [5.41, 5.74) is 1.49. The van der Waals surface area contributed by atoms with Crippen LogP contribution in [0.25, 0.3) is 11.1 Å². The molecule has 0 aliphatic heterocycles. The van der Waals surface area contributed by atoms with Gasteiger partial charge in [0.15, 0.2) is 5.58 Å². The van der Waals surface area contributed by atoms with E-state index in [1.165, 1.54) is 23.5 Å². The van der Waals surface area contributed by atoms with Crippen LogP contribution < -0.4 is 16.4 Å². The maximum absolute atomic E-state index is 14.0. The zero-order valence-electron chi connectivity index (χ0n) is 12.1. The smallest absolute Gasteiger partial charge is 0.408 e. The molecule has 2 heterocycles. The van der Waals surface area contributed by atoms with Crippen molar-refractivity contribution < 1.29 is 13.6 Å².